The Morgan fingerprint density at radius 1 is 1.04 bits per heavy atom. The van der Waals surface area contributed by atoms with Crippen molar-refractivity contribution in [2.24, 2.45) is 10.6 Å². The first-order valence-electron chi connectivity index (χ1n) is 9.42. The minimum atomic E-state index is -0.453. The van der Waals surface area contributed by atoms with Crippen LogP contribution in [0.2, 0.25) is 0 Å². The molecule has 0 spiro atoms. The van der Waals surface area contributed by atoms with E-state index in [1.165, 1.54) is 0 Å². The molecule has 1 heterocycles. The van der Waals surface area contributed by atoms with Gasteiger partial charge in [0.15, 0.2) is 0 Å². The molecule has 2 aromatic carbocycles. The fourth-order valence-electron chi connectivity index (χ4n) is 3.76. The lowest BCUT2D eigenvalue weighted by Gasteiger charge is -2.30. The molecular weight excluding hydrogens is 350 g/mol. The topological polar surface area (TPSA) is 56.5 Å². The number of aromatic nitrogens is 2. The van der Waals surface area contributed by atoms with Crippen LogP contribution in [0.1, 0.15) is 47.6 Å². The lowest BCUT2D eigenvalue weighted by molar-refractivity contribution is 0.0514. The maximum atomic E-state index is 12.3. The van der Waals surface area contributed by atoms with Gasteiger partial charge in [-0.25, -0.2) is 9.48 Å². The van der Waals surface area contributed by atoms with E-state index >= 15 is 0 Å². The summed E-state index contributed by atoms with van der Waals surface area (Å²) in [5.41, 5.74) is 5.26. The molecule has 0 radical (unpaired) electrons. The van der Waals surface area contributed by atoms with Crippen LogP contribution in [0, 0.1) is 12.3 Å². The quantitative estimate of drug-likeness (QED) is 0.493. The average molecular weight is 373 g/mol. The van der Waals surface area contributed by atoms with Gasteiger partial charge in [0.1, 0.15) is 0 Å². The number of hydrogen-bond donors (Lipinski definition) is 0. The van der Waals surface area contributed by atoms with E-state index in [2.05, 4.69) is 19.0 Å². The molecule has 142 valence electrons. The van der Waals surface area contributed by atoms with Crippen molar-refractivity contribution in [2.45, 2.75) is 33.6 Å². The highest BCUT2D eigenvalue weighted by Crippen LogP contribution is 2.37. The van der Waals surface area contributed by atoms with Crippen LogP contribution in [-0.2, 0) is 11.3 Å². The highest BCUT2D eigenvalue weighted by Gasteiger charge is 2.35. The van der Waals surface area contributed by atoms with Gasteiger partial charge >= 0.3 is 5.97 Å². The van der Waals surface area contributed by atoms with Crippen LogP contribution in [0.25, 0.3) is 5.69 Å². The Hall–Kier alpha value is -3.21. The lowest BCUT2D eigenvalue weighted by Crippen LogP contribution is -2.29. The van der Waals surface area contributed by atoms with E-state index in [1.807, 2.05) is 48.0 Å². The van der Waals surface area contributed by atoms with Crippen molar-refractivity contribution in [1.29, 1.82) is 0 Å². The SMILES string of the molecule is Cc1nn(-c2ccccc2)c2c1/C(=N/OC(=O)c1ccccc1)CC(C)(C)C2. The number of oxime groups is 1. The molecule has 0 atom stereocenters. The van der Waals surface area contributed by atoms with E-state index < -0.39 is 5.97 Å². The molecule has 28 heavy (non-hydrogen) atoms. The van der Waals surface area contributed by atoms with Gasteiger partial charge in [0.25, 0.3) is 0 Å². The van der Waals surface area contributed by atoms with Crippen LogP contribution >= 0.6 is 0 Å². The van der Waals surface area contributed by atoms with Crippen LogP contribution in [0.5, 0.6) is 0 Å². The van der Waals surface area contributed by atoms with Crippen molar-refractivity contribution in [3.63, 3.8) is 0 Å². The monoisotopic (exact) mass is 373 g/mol. The Labute approximate surface area is 164 Å². The third-order valence-electron chi connectivity index (χ3n) is 4.99. The van der Waals surface area contributed by atoms with Gasteiger partial charge in [-0.15, -0.1) is 0 Å². The van der Waals surface area contributed by atoms with Gasteiger partial charge in [-0.2, -0.15) is 5.10 Å². The van der Waals surface area contributed by atoms with Crippen LogP contribution in [0.4, 0.5) is 0 Å². The summed E-state index contributed by atoms with van der Waals surface area (Å²) < 4.78 is 1.99. The van der Waals surface area contributed by atoms with Gasteiger partial charge < -0.3 is 4.84 Å². The summed E-state index contributed by atoms with van der Waals surface area (Å²) in [6.45, 7) is 6.37. The first-order chi connectivity index (χ1) is 13.4. The van der Waals surface area contributed by atoms with Gasteiger partial charge in [0.05, 0.1) is 28.4 Å². The first-order valence-corrected chi connectivity index (χ1v) is 9.42. The molecule has 5 nitrogen and oxygen atoms in total. The summed E-state index contributed by atoms with van der Waals surface area (Å²) in [7, 11) is 0. The zero-order valence-corrected chi connectivity index (χ0v) is 16.3. The van der Waals surface area contributed by atoms with E-state index in [4.69, 9.17) is 9.94 Å². The molecule has 1 aromatic heterocycles. The number of para-hydroxylation sites is 1. The molecule has 1 aliphatic carbocycles. The van der Waals surface area contributed by atoms with Crippen molar-refractivity contribution >= 4 is 11.7 Å². The number of hydrogen-bond acceptors (Lipinski definition) is 4. The fourth-order valence-corrected chi connectivity index (χ4v) is 3.76. The van der Waals surface area contributed by atoms with E-state index in [9.17, 15) is 4.79 Å². The van der Waals surface area contributed by atoms with Gasteiger partial charge in [0.2, 0.25) is 0 Å². The van der Waals surface area contributed by atoms with Crippen LogP contribution in [-0.4, -0.2) is 21.5 Å². The van der Waals surface area contributed by atoms with Gasteiger partial charge in [-0.05, 0) is 49.4 Å². The summed E-state index contributed by atoms with van der Waals surface area (Å²) in [6.07, 6.45) is 1.60. The van der Waals surface area contributed by atoms with Crippen molar-refractivity contribution in [2.75, 3.05) is 0 Å². The number of aryl methyl sites for hydroxylation is 1. The molecule has 0 N–H and O–H groups in total. The summed E-state index contributed by atoms with van der Waals surface area (Å²) in [6, 6.07) is 19.0. The third kappa shape index (κ3) is 3.48. The largest absolute Gasteiger partial charge is 0.365 e. The van der Waals surface area contributed by atoms with Crippen LogP contribution in [0.15, 0.2) is 65.8 Å². The Morgan fingerprint density at radius 2 is 1.68 bits per heavy atom. The summed E-state index contributed by atoms with van der Waals surface area (Å²) >= 11 is 0. The van der Waals surface area contributed by atoms with Crippen molar-refractivity contribution < 1.29 is 9.63 Å². The van der Waals surface area contributed by atoms with Crippen LogP contribution in [0.3, 0.4) is 0 Å². The molecule has 0 fully saturated rings. The second-order valence-electron chi connectivity index (χ2n) is 7.95. The Morgan fingerprint density at radius 3 is 2.36 bits per heavy atom. The first kappa shape index (κ1) is 18.2. The number of nitrogens with zero attached hydrogens (tertiary/aromatic N) is 3. The van der Waals surface area contributed by atoms with E-state index in [0.717, 1.165) is 41.2 Å². The molecule has 4 rings (SSSR count). The van der Waals surface area contributed by atoms with Crippen molar-refractivity contribution in [1.82, 2.24) is 9.78 Å². The van der Waals surface area contributed by atoms with E-state index in [-0.39, 0.29) is 5.41 Å². The highest BCUT2D eigenvalue weighted by atomic mass is 16.7. The molecule has 0 bridgehead atoms. The molecule has 1 aliphatic rings. The van der Waals surface area contributed by atoms with Gasteiger partial charge in [-0.3, -0.25) is 0 Å². The summed E-state index contributed by atoms with van der Waals surface area (Å²) in [4.78, 5) is 17.6. The molecule has 0 aliphatic heterocycles. The second kappa shape index (κ2) is 7.08. The smallest absolute Gasteiger partial charge is 0.313 e. The Bertz CT molecular complexity index is 1030. The normalized spacial score (nSPS) is 16.6. The number of carbonyl (C=O) groups excluding carboxylic acids is 1. The van der Waals surface area contributed by atoms with Gasteiger partial charge in [-0.1, -0.05) is 55.4 Å². The van der Waals surface area contributed by atoms with E-state index in [0.29, 0.717) is 5.56 Å². The highest BCUT2D eigenvalue weighted by molar-refractivity contribution is 6.04. The molecule has 0 amide bonds. The number of rotatable bonds is 3. The molecule has 0 saturated heterocycles. The van der Waals surface area contributed by atoms with Crippen molar-refractivity contribution in [3.8, 4) is 5.69 Å². The Balaban J connectivity index is 1.73. The predicted molar refractivity (Wildman–Crippen MR) is 109 cm³/mol. The Kier molecular flexibility index (Phi) is 4.59. The molecule has 5 heteroatoms. The standard InChI is InChI=1S/C23H23N3O2/c1-16-21-19(25-28-22(27)17-10-6-4-7-11-17)14-23(2,3)15-20(21)26(24-16)18-12-8-5-9-13-18/h4-13H,14-15H2,1-3H3/b25-19+. The number of fused-ring (bicyclic) bond motifs is 1. The maximum absolute atomic E-state index is 12.3. The minimum absolute atomic E-state index is 0.00993. The summed E-state index contributed by atoms with van der Waals surface area (Å²) in [5.74, 6) is -0.453. The average Bonchev–Trinajstić information content (AvgIpc) is 3.02. The minimum Gasteiger partial charge on any atom is -0.313 e. The maximum Gasteiger partial charge on any atom is 0.365 e. The van der Waals surface area contributed by atoms with Crippen molar-refractivity contribution in [3.05, 3.63) is 83.2 Å². The molecule has 0 saturated carbocycles. The lowest BCUT2D eigenvalue weighted by atomic mass is 9.75. The van der Waals surface area contributed by atoms with E-state index in [1.54, 1.807) is 24.3 Å². The zero-order chi connectivity index (χ0) is 19.7. The number of benzene rings is 2. The molecular formula is C23H23N3O2. The van der Waals surface area contributed by atoms with Crippen LogP contribution < -0.4 is 0 Å². The van der Waals surface area contributed by atoms with Gasteiger partial charge in [0, 0.05) is 5.56 Å². The second-order valence-corrected chi connectivity index (χ2v) is 7.95. The third-order valence-corrected chi connectivity index (χ3v) is 4.99. The zero-order valence-electron chi connectivity index (χ0n) is 16.3. The fraction of sp³-hybridized carbons (Fsp3) is 0.261. The molecule has 3 aromatic rings. The molecule has 0 unspecified atom stereocenters. The predicted octanol–water partition coefficient (Wildman–Crippen LogP) is 4.71. The number of carbonyl (C=O) groups is 1. The summed E-state index contributed by atoms with van der Waals surface area (Å²) in [5, 5.41) is 9.04.